The Morgan fingerprint density at radius 1 is 1.40 bits per heavy atom. The summed E-state index contributed by atoms with van der Waals surface area (Å²) in [6.07, 6.45) is 0.291. The molecule has 0 aliphatic heterocycles. The highest BCUT2D eigenvalue weighted by Gasteiger charge is 2.11. The van der Waals surface area contributed by atoms with E-state index in [1.165, 1.54) is 6.07 Å². The Balaban J connectivity index is 2.44. The van der Waals surface area contributed by atoms with E-state index in [1.807, 2.05) is 13.8 Å². The Bertz CT molecular complexity index is 492. The van der Waals surface area contributed by atoms with Gasteiger partial charge in [-0.3, -0.25) is 4.79 Å². The van der Waals surface area contributed by atoms with Crippen LogP contribution in [0.25, 0.3) is 0 Å². The monoisotopic (exact) mass is 299 g/mol. The number of amides is 1. The third-order valence-corrected chi connectivity index (χ3v) is 2.72. The summed E-state index contributed by atoms with van der Waals surface area (Å²) in [6, 6.07) is 3.03. The number of carbonyl (C=O) groups is 2. The number of pyridine rings is 1. The van der Waals surface area contributed by atoms with Crippen molar-refractivity contribution in [2.75, 3.05) is 18.4 Å². The zero-order valence-electron chi connectivity index (χ0n) is 11.4. The molecule has 7 heteroatoms. The molecule has 6 nitrogen and oxygen atoms in total. The number of anilines is 1. The number of halogens is 1. The molecule has 0 aliphatic rings. The van der Waals surface area contributed by atoms with Crippen LogP contribution in [0.4, 0.5) is 5.82 Å². The third kappa shape index (κ3) is 5.44. The summed E-state index contributed by atoms with van der Waals surface area (Å²) >= 11 is 5.71. The lowest BCUT2D eigenvalue weighted by Gasteiger charge is -2.09. The van der Waals surface area contributed by atoms with E-state index in [4.69, 9.17) is 16.7 Å². The van der Waals surface area contributed by atoms with E-state index >= 15 is 0 Å². The highest BCUT2D eigenvalue weighted by atomic mass is 35.5. The largest absolute Gasteiger partial charge is 0.476 e. The summed E-state index contributed by atoms with van der Waals surface area (Å²) < 4.78 is 0. The maximum Gasteiger partial charge on any atom is 0.356 e. The van der Waals surface area contributed by atoms with Gasteiger partial charge in [-0.05, 0) is 18.1 Å². The van der Waals surface area contributed by atoms with Crippen molar-refractivity contribution in [1.82, 2.24) is 10.3 Å². The number of nitrogens with zero attached hydrogens (tertiary/aromatic N) is 1. The molecule has 1 aromatic rings. The Labute approximate surface area is 122 Å². The average Bonchev–Trinajstić information content (AvgIpc) is 2.38. The maximum absolute atomic E-state index is 11.5. The molecular weight excluding hydrogens is 282 g/mol. The standard InChI is InChI=1S/C13H18ClN3O3/c1-8(2)7-16-11(18)5-6-15-10-4-3-9(14)12(17-10)13(19)20/h3-4,8H,5-7H2,1-2H3,(H,15,17)(H,16,18)(H,19,20). The summed E-state index contributed by atoms with van der Waals surface area (Å²) in [5, 5.41) is 14.7. The van der Waals surface area contributed by atoms with Crippen molar-refractivity contribution in [2.24, 2.45) is 5.92 Å². The van der Waals surface area contributed by atoms with Crippen LogP contribution in [0.15, 0.2) is 12.1 Å². The van der Waals surface area contributed by atoms with Crippen LogP contribution < -0.4 is 10.6 Å². The zero-order chi connectivity index (χ0) is 15.1. The van der Waals surface area contributed by atoms with Crippen molar-refractivity contribution in [3.63, 3.8) is 0 Å². The van der Waals surface area contributed by atoms with E-state index in [2.05, 4.69) is 15.6 Å². The minimum Gasteiger partial charge on any atom is -0.476 e. The number of hydrogen-bond acceptors (Lipinski definition) is 4. The van der Waals surface area contributed by atoms with Crippen molar-refractivity contribution in [3.8, 4) is 0 Å². The fourth-order valence-corrected chi connectivity index (χ4v) is 1.59. The topological polar surface area (TPSA) is 91.3 Å². The summed E-state index contributed by atoms with van der Waals surface area (Å²) in [5.74, 6) is -0.460. The number of aromatic nitrogens is 1. The fraction of sp³-hybridized carbons (Fsp3) is 0.462. The number of rotatable bonds is 7. The molecule has 0 fully saturated rings. The van der Waals surface area contributed by atoms with Crippen molar-refractivity contribution in [3.05, 3.63) is 22.8 Å². The first-order valence-electron chi connectivity index (χ1n) is 6.30. The third-order valence-electron chi connectivity index (χ3n) is 2.41. The molecule has 1 amide bonds. The first kappa shape index (κ1) is 16.2. The van der Waals surface area contributed by atoms with Crippen molar-refractivity contribution < 1.29 is 14.7 Å². The Morgan fingerprint density at radius 2 is 2.10 bits per heavy atom. The van der Waals surface area contributed by atoms with Gasteiger partial charge in [-0.25, -0.2) is 9.78 Å². The normalized spacial score (nSPS) is 10.4. The zero-order valence-corrected chi connectivity index (χ0v) is 12.2. The van der Waals surface area contributed by atoms with E-state index in [0.717, 1.165) is 0 Å². The van der Waals surface area contributed by atoms with E-state index in [9.17, 15) is 9.59 Å². The lowest BCUT2D eigenvalue weighted by molar-refractivity contribution is -0.120. The molecule has 0 bridgehead atoms. The second-order valence-corrected chi connectivity index (χ2v) is 5.11. The van der Waals surface area contributed by atoms with Gasteiger partial charge in [0, 0.05) is 19.5 Å². The van der Waals surface area contributed by atoms with Crippen LogP contribution >= 0.6 is 11.6 Å². The van der Waals surface area contributed by atoms with Crippen LogP contribution in [-0.2, 0) is 4.79 Å². The van der Waals surface area contributed by atoms with Gasteiger partial charge in [-0.2, -0.15) is 0 Å². The lowest BCUT2D eigenvalue weighted by Crippen LogP contribution is -2.28. The molecule has 1 heterocycles. The van der Waals surface area contributed by atoms with Crippen LogP contribution in [0, 0.1) is 5.92 Å². The Kier molecular flexibility index (Phi) is 6.24. The number of carbonyl (C=O) groups excluding carboxylic acids is 1. The predicted molar refractivity (Wildman–Crippen MR) is 77.2 cm³/mol. The van der Waals surface area contributed by atoms with Gasteiger partial charge in [0.05, 0.1) is 5.02 Å². The highest BCUT2D eigenvalue weighted by Crippen LogP contribution is 2.16. The molecule has 0 aliphatic carbocycles. The molecule has 1 rings (SSSR count). The van der Waals surface area contributed by atoms with Gasteiger partial charge in [0.15, 0.2) is 5.69 Å². The molecule has 0 saturated heterocycles. The van der Waals surface area contributed by atoms with Gasteiger partial charge < -0.3 is 15.7 Å². The average molecular weight is 300 g/mol. The van der Waals surface area contributed by atoms with Crippen LogP contribution in [0.1, 0.15) is 30.8 Å². The molecule has 1 aromatic heterocycles. The predicted octanol–water partition coefficient (Wildman–Crippen LogP) is 2.01. The molecule has 110 valence electrons. The Hall–Kier alpha value is -1.82. The summed E-state index contributed by atoms with van der Waals surface area (Å²) in [7, 11) is 0. The van der Waals surface area contributed by atoms with Crippen LogP contribution in [0.2, 0.25) is 5.02 Å². The van der Waals surface area contributed by atoms with Crippen molar-refractivity contribution >= 4 is 29.3 Å². The van der Waals surface area contributed by atoms with E-state index in [0.29, 0.717) is 31.2 Å². The SMILES string of the molecule is CC(C)CNC(=O)CCNc1ccc(Cl)c(C(=O)O)n1. The second kappa shape index (κ2) is 7.69. The smallest absolute Gasteiger partial charge is 0.356 e. The Morgan fingerprint density at radius 3 is 2.70 bits per heavy atom. The molecule has 0 spiro atoms. The van der Waals surface area contributed by atoms with Gasteiger partial charge in [0.25, 0.3) is 0 Å². The summed E-state index contributed by atoms with van der Waals surface area (Å²) in [5.41, 5.74) is -0.207. The molecule has 0 aromatic carbocycles. The molecule has 0 saturated carbocycles. The molecular formula is C13H18ClN3O3. The fourth-order valence-electron chi connectivity index (χ4n) is 1.40. The number of nitrogens with one attached hydrogen (secondary N) is 2. The van der Waals surface area contributed by atoms with Gasteiger partial charge in [0.1, 0.15) is 5.82 Å². The second-order valence-electron chi connectivity index (χ2n) is 4.71. The maximum atomic E-state index is 11.5. The van der Waals surface area contributed by atoms with Gasteiger partial charge >= 0.3 is 5.97 Å². The van der Waals surface area contributed by atoms with Gasteiger partial charge in [-0.1, -0.05) is 25.4 Å². The minimum atomic E-state index is -1.19. The van der Waals surface area contributed by atoms with Gasteiger partial charge in [-0.15, -0.1) is 0 Å². The van der Waals surface area contributed by atoms with E-state index in [-0.39, 0.29) is 16.6 Å². The molecule has 0 atom stereocenters. The summed E-state index contributed by atoms with van der Waals surface area (Å²) in [4.78, 5) is 26.2. The lowest BCUT2D eigenvalue weighted by atomic mass is 10.2. The number of aromatic carboxylic acids is 1. The number of carboxylic acid groups (broad SMARTS) is 1. The molecule has 3 N–H and O–H groups in total. The quantitative estimate of drug-likeness (QED) is 0.716. The van der Waals surface area contributed by atoms with E-state index in [1.54, 1.807) is 6.07 Å². The summed E-state index contributed by atoms with van der Waals surface area (Å²) in [6.45, 7) is 5.05. The van der Waals surface area contributed by atoms with Crippen molar-refractivity contribution in [1.29, 1.82) is 0 Å². The molecule has 0 radical (unpaired) electrons. The molecule has 20 heavy (non-hydrogen) atoms. The van der Waals surface area contributed by atoms with Crippen molar-refractivity contribution in [2.45, 2.75) is 20.3 Å². The van der Waals surface area contributed by atoms with Crippen LogP contribution in [0.5, 0.6) is 0 Å². The van der Waals surface area contributed by atoms with Crippen LogP contribution in [0.3, 0.4) is 0 Å². The first-order valence-corrected chi connectivity index (χ1v) is 6.68. The number of carboxylic acids is 1. The highest BCUT2D eigenvalue weighted by molar-refractivity contribution is 6.33. The first-order chi connectivity index (χ1) is 9.40. The number of hydrogen-bond donors (Lipinski definition) is 3. The van der Waals surface area contributed by atoms with E-state index < -0.39 is 5.97 Å². The molecule has 0 unspecified atom stereocenters. The van der Waals surface area contributed by atoms with Gasteiger partial charge in [0.2, 0.25) is 5.91 Å². The minimum absolute atomic E-state index is 0.0568. The van der Waals surface area contributed by atoms with Crippen LogP contribution in [-0.4, -0.2) is 35.1 Å².